The van der Waals surface area contributed by atoms with Gasteiger partial charge in [0.1, 0.15) is 0 Å². The SMILES string of the molecule is C[Si](C)[Zr]([CH2]c1ccccc1)([CH2]c1cccc([C@H]2C(Br)=Cc3ccccc32)c1)[NH]C(C)(C)C. The number of hydrogen-bond donors (Lipinski definition) is 1. The van der Waals surface area contributed by atoms with E-state index in [-0.39, 0.29) is 5.54 Å². The van der Waals surface area contributed by atoms with Gasteiger partial charge in [-0.25, -0.2) is 0 Å². The molecule has 0 aromatic heterocycles. The van der Waals surface area contributed by atoms with Gasteiger partial charge in [-0.2, -0.15) is 0 Å². The first-order valence-electron chi connectivity index (χ1n) is 11.9. The maximum absolute atomic E-state index is 4.31. The van der Waals surface area contributed by atoms with Crippen molar-refractivity contribution in [1.82, 2.24) is 3.26 Å². The van der Waals surface area contributed by atoms with Crippen LogP contribution in [0.1, 0.15) is 54.5 Å². The molecule has 3 aromatic carbocycles. The Morgan fingerprint density at radius 3 is 2.18 bits per heavy atom. The molecule has 171 valence electrons. The van der Waals surface area contributed by atoms with Crippen LogP contribution in [0.2, 0.25) is 13.1 Å². The summed E-state index contributed by atoms with van der Waals surface area (Å²) >= 11 is 1.11. The Labute approximate surface area is 214 Å². The summed E-state index contributed by atoms with van der Waals surface area (Å²) in [5, 5.41) is 0. The summed E-state index contributed by atoms with van der Waals surface area (Å²) in [4.78, 5) is 0. The van der Waals surface area contributed by atoms with Crippen molar-refractivity contribution in [2.75, 3.05) is 0 Å². The fourth-order valence-electron chi connectivity index (χ4n) is 5.15. The van der Waals surface area contributed by atoms with E-state index in [1.165, 1.54) is 40.6 Å². The van der Waals surface area contributed by atoms with Crippen LogP contribution in [-0.2, 0) is 28.0 Å². The molecular weight excluding hydrogens is 562 g/mol. The Morgan fingerprint density at radius 1 is 0.848 bits per heavy atom. The van der Waals surface area contributed by atoms with Crippen molar-refractivity contribution in [3.8, 4) is 0 Å². The maximum atomic E-state index is 4.31. The standard InChI is InChI=1S/C16H12Br.C7H7.C4H10N.C2H6Si.Zr/c1-11-5-4-7-13(9-11)16-14-8-3-2-6-12(14)10-15(16)17;1-7-5-3-2-4-6-7;1-4(2,3)5;1-3-2;/h2-10,16H,1H2;2-6H,1H2;5H,1-3H3;1-2H3;/q;;-1;;+1/t16-;;;;/m1..../s1. The molecule has 0 heterocycles. The van der Waals surface area contributed by atoms with E-state index in [4.69, 9.17) is 0 Å². The molecule has 1 nitrogen and oxygen atoms in total. The summed E-state index contributed by atoms with van der Waals surface area (Å²) in [7, 11) is 0. The molecule has 0 bridgehead atoms. The van der Waals surface area contributed by atoms with Crippen LogP contribution in [0.25, 0.3) is 6.08 Å². The molecular formula is C29H35BrNSiZr. The Kier molecular flexibility index (Phi) is 7.80. The number of benzene rings is 3. The summed E-state index contributed by atoms with van der Waals surface area (Å²) in [6.07, 6.45) is 2.28. The second-order valence-electron chi connectivity index (χ2n) is 10.6. The van der Waals surface area contributed by atoms with E-state index in [1.807, 2.05) is 0 Å². The predicted octanol–water partition coefficient (Wildman–Crippen LogP) is 7.98. The van der Waals surface area contributed by atoms with Crippen LogP contribution in [0.15, 0.2) is 83.3 Å². The average Bonchev–Trinajstić information content (AvgIpc) is 3.09. The van der Waals surface area contributed by atoms with Gasteiger partial charge in [0.25, 0.3) is 0 Å². The van der Waals surface area contributed by atoms with E-state index < -0.39 is 25.6 Å². The zero-order chi connectivity index (χ0) is 23.6. The van der Waals surface area contributed by atoms with E-state index in [1.54, 1.807) is 0 Å². The molecule has 33 heavy (non-hydrogen) atoms. The molecule has 4 rings (SSSR count). The fourth-order valence-corrected chi connectivity index (χ4v) is 27.4. The second kappa shape index (κ2) is 10.3. The van der Waals surface area contributed by atoms with Gasteiger partial charge < -0.3 is 0 Å². The molecule has 1 radical (unpaired) electrons. The number of nitrogens with one attached hydrogen (secondary N) is 1. The Balaban J connectivity index is 1.70. The van der Waals surface area contributed by atoms with E-state index in [0.29, 0.717) is 5.92 Å². The minimum atomic E-state index is -2.78. The molecule has 1 unspecified atom stereocenters. The van der Waals surface area contributed by atoms with Gasteiger partial charge in [0.2, 0.25) is 0 Å². The zero-order valence-corrected chi connectivity index (χ0v) is 25.5. The molecule has 4 heteroatoms. The van der Waals surface area contributed by atoms with Gasteiger partial charge in [-0.15, -0.1) is 0 Å². The first-order chi connectivity index (χ1) is 15.7. The average molecular weight is 597 g/mol. The molecule has 3 aromatic rings. The van der Waals surface area contributed by atoms with Gasteiger partial charge in [-0.05, 0) is 0 Å². The molecule has 0 saturated heterocycles. The van der Waals surface area contributed by atoms with Crippen LogP contribution in [0, 0.1) is 0 Å². The Morgan fingerprint density at radius 2 is 1.48 bits per heavy atom. The summed E-state index contributed by atoms with van der Waals surface area (Å²) < 4.78 is 8.08. The Bertz CT molecular complexity index is 1140. The van der Waals surface area contributed by atoms with Gasteiger partial charge in [0.15, 0.2) is 0 Å². The molecule has 0 fully saturated rings. The molecule has 0 amide bonds. The topological polar surface area (TPSA) is 12.0 Å². The molecule has 0 saturated carbocycles. The van der Waals surface area contributed by atoms with Gasteiger partial charge in [0, 0.05) is 0 Å². The number of allylic oxidation sites excluding steroid dienone is 1. The third-order valence-electron chi connectivity index (χ3n) is 6.59. The van der Waals surface area contributed by atoms with Crippen molar-refractivity contribution in [2.45, 2.75) is 53.6 Å². The molecule has 0 spiro atoms. The second-order valence-corrected chi connectivity index (χ2v) is 34.3. The van der Waals surface area contributed by atoms with Crippen molar-refractivity contribution in [2.24, 2.45) is 0 Å². The van der Waals surface area contributed by atoms with Crippen molar-refractivity contribution in [3.05, 3.63) is 111 Å². The van der Waals surface area contributed by atoms with Gasteiger partial charge in [0.05, 0.1) is 0 Å². The predicted molar refractivity (Wildman–Crippen MR) is 146 cm³/mol. The Hall–Kier alpha value is -1.06. The first kappa shape index (κ1) is 25.0. The monoisotopic (exact) mass is 594 g/mol. The molecule has 1 aliphatic carbocycles. The van der Waals surface area contributed by atoms with Crippen LogP contribution >= 0.6 is 15.9 Å². The summed E-state index contributed by atoms with van der Waals surface area (Å²) in [6, 6.07) is 29.4. The summed E-state index contributed by atoms with van der Waals surface area (Å²) in [5.41, 5.74) is 7.29. The van der Waals surface area contributed by atoms with Crippen LogP contribution in [0.5, 0.6) is 0 Å². The minimum absolute atomic E-state index is 0.139. The molecule has 0 aliphatic heterocycles. The third kappa shape index (κ3) is 5.96. The van der Waals surface area contributed by atoms with Crippen LogP contribution in [-0.4, -0.2) is 11.5 Å². The van der Waals surface area contributed by atoms with Gasteiger partial charge >= 0.3 is 216 Å². The van der Waals surface area contributed by atoms with E-state index in [0.717, 1.165) is 0 Å². The number of halogens is 1. The van der Waals surface area contributed by atoms with Crippen LogP contribution < -0.4 is 3.26 Å². The fraction of sp³-hybridized carbons (Fsp3) is 0.310. The quantitative estimate of drug-likeness (QED) is 0.273. The number of fused-ring (bicyclic) bond motifs is 1. The number of rotatable bonds is 7. The van der Waals surface area contributed by atoms with E-state index in [9.17, 15) is 0 Å². The number of hydrogen-bond acceptors (Lipinski definition) is 1. The van der Waals surface area contributed by atoms with Gasteiger partial charge in [-0.1, -0.05) is 0 Å². The zero-order valence-electron chi connectivity index (χ0n) is 20.5. The van der Waals surface area contributed by atoms with E-state index >= 15 is 0 Å². The van der Waals surface area contributed by atoms with Crippen molar-refractivity contribution in [3.63, 3.8) is 0 Å². The normalized spacial score (nSPS) is 17.5. The van der Waals surface area contributed by atoms with Crippen molar-refractivity contribution >= 4 is 27.9 Å². The third-order valence-corrected chi connectivity index (χ3v) is 34.1. The molecule has 1 N–H and O–H groups in total. The van der Waals surface area contributed by atoms with Crippen molar-refractivity contribution < 1.29 is 19.7 Å². The van der Waals surface area contributed by atoms with E-state index in [2.05, 4.69) is 138 Å². The van der Waals surface area contributed by atoms with Gasteiger partial charge in [-0.3, -0.25) is 0 Å². The first-order valence-corrected chi connectivity index (χ1v) is 23.5. The summed E-state index contributed by atoms with van der Waals surface area (Å²) in [5.74, 6) is -0.163. The summed E-state index contributed by atoms with van der Waals surface area (Å²) in [6.45, 7) is 12.2. The van der Waals surface area contributed by atoms with Crippen LogP contribution in [0.3, 0.4) is 0 Å². The molecule has 2 atom stereocenters. The van der Waals surface area contributed by atoms with Crippen molar-refractivity contribution in [1.29, 1.82) is 0 Å². The van der Waals surface area contributed by atoms with Crippen LogP contribution in [0.4, 0.5) is 0 Å². The molecule has 1 aliphatic rings.